The second-order valence-electron chi connectivity index (χ2n) is 8.75. The maximum Gasteiger partial charge on any atom is 0.299 e. The van der Waals surface area contributed by atoms with Gasteiger partial charge in [-0.15, -0.1) is 0 Å². The van der Waals surface area contributed by atoms with Crippen LogP contribution >= 0.6 is 0 Å². The Morgan fingerprint density at radius 2 is 1.36 bits per heavy atom. The van der Waals surface area contributed by atoms with Gasteiger partial charge in [-0.05, 0) is 12.5 Å². The molecule has 0 spiro atoms. The zero-order chi connectivity index (χ0) is 24.5. The van der Waals surface area contributed by atoms with Crippen LogP contribution in [-0.4, -0.2) is 38.8 Å². The third kappa shape index (κ3) is 12.0. The van der Waals surface area contributed by atoms with Gasteiger partial charge in [-0.2, -0.15) is 0 Å². The third-order valence-electron chi connectivity index (χ3n) is 5.99. The molecule has 0 fully saturated rings. The molecule has 0 bridgehead atoms. The number of unbranched alkanes of at least 4 members (excludes halogenated alkanes) is 12. The summed E-state index contributed by atoms with van der Waals surface area (Å²) in [6.45, 7) is 1.83. The van der Waals surface area contributed by atoms with Gasteiger partial charge in [0.2, 0.25) is 0 Å². The van der Waals surface area contributed by atoms with Crippen molar-refractivity contribution in [1.29, 1.82) is 0 Å². The van der Waals surface area contributed by atoms with Crippen LogP contribution in [0.3, 0.4) is 0 Å². The van der Waals surface area contributed by atoms with Crippen LogP contribution in [0.1, 0.15) is 96.8 Å². The number of hydrogen-bond acceptors (Lipinski definition) is 7. The predicted molar refractivity (Wildman–Crippen MR) is 131 cm³/mol. The second kappa shape index (κ2) is 17.2. The van der Waals surface area contributed by atoms with Crippen molar-refractivity contribution in [3.8, 4) is 0 Å². The van der Waals surface area contributed by atoms with E-state index in [0.717, 1.165) is 31.4 Å². The zero-order valence-corrected chi connectivity index (χ0v) is 19.9. The highest BCUT2D eigenvalue weighted by molar-refractivity contribution is 5.65. The standard InChI is InChI=1S/C24H41N3O6/c1-2-3-4-5-6-7-8-9-10-11-12-13-14-15-24(29)22(19-28)25-21-17-16-20(26(30)31)18-23(21)27(32)33/h16-18,22,24-25,28-29H,2-15,19H2,1H3/t22-,24+/m0/s1. The fourth-order valence-corrected chi connectivity index (χ4v) is 3.94. The first-order valence-corrected chi connectivity index (χ1v) is 12.4. The molecule has 0 amide bonds. The molecule has 0 radical (unpaired) electrons. The number of anilines is 1. The number of nitrogens with zero attached hydrogens (tertiary/aromatic N) is 2. The molecule has 9 nitrogen and oxygen atoms in total. The lowest BCUT2D eigenvalue weighted by molar-refractivity contribution is -0.393. The summed E-state index contributed by atoms with van der Waals surface area (Å²) in [5.41, 5.74) is -0.815. The number of nitro benzene ring substituents is 2. The highest BCUT2D eigenvalue weighted by Crippen LogP contribution is 2.30. The molecule has 188 valence electrons. The van der Waals surface area contributed by atoms with E-state index < -0.39 is 34.3 Å². The molecule has 0 saturated heterocycles. The maximum absolute atomic E-state index is 11.3. The Morgan fingerprint density at radius 3 is 1.82 bits per heavy atom. The minimum atomic E-state index is -0.877. The number of nitro groups is 2. The summed E-state index contributed by atoms with van der Waals surface area (Å²) < 4.78 is 0. The fourth-order valence-electron chi connectivity index (χ4n) is 3.94. The Balaban J connectivity index is 2.27. The van der Waals surface area contributed by atoms with E-state index in [2.05, 4.69) is 12.2 Å². The van der Waals surface area contributed by atoms with E-state index >= 15 is 0 Å². The maximum atomic E-state index is 11.3. The number of hydrogen-bond donors (Lipinski definition) is 3. The van der Waals surface area contributed by atoms with Gasteiger partial charge in [0, 0.05) is 6.07 Å². The third-order valence-corrected chi connectivity index (χ3v) is 5.99. The number of nitrogens with one attached hydrogen (secondary N) is 1. The molecule has 0 aliphatic heterocycles. The number of non-ortho nitro benzene ring substituents is 1. The van der Waals surface area contributed by atoms with Crippen molar-refractivity contribution in [3.63, 3.8) is 0 Å². The molecule has 0 saturated carbocycles. The van der Waals surface area contributed by atoms with Crippen LogP contribution in [0.25, 0.3) is 0 Å². The van der Waals surface area contributed by atoms with Crippen molar-refractivity contribution in [2.45, 2.75) is 109 Å². The Labute approximate surface area is 196 Å². The zero-order valence-electron chi connectivity index (χ0n) is 19.9. The summed E-state index contributed by atoms with van der Waals surface area (Å²) in [4.78, 5) is 20.7. The highest BCUT2D eigenvalue weighted by Gasteiger charge is 2.24. The van der Waals surface area contributed by atoms with E-state index in [-0.39, 0.29) is 11.4 Å². The molecule has 3 N–H and O–H groups in total. The van der Waals surface area contributed by atoms with Gasteiger partial charge in [0.05, 0.1) is 34.7 Å². The van der Waals surface area contributed by atoms with Crippen molar-refractivity contribution >= 4 is 17.1 Å². The normalized spacial score (nSPS) is 12.9. The number of aliphatic hydroxyl groups excluding tert-OH is 2. The highest BCUT2D eigenvalue weighted by atomic mass is 16.6. The van der Waals surface area contributed by atoms with Gasteiger partial charge in [-0.3, -0.25) is 20.2 Å². The summed E-state index contributed by atoms with van der Waals surface area (Å²) >= 11 is 0. The van der Waals surface area contributed by atoms with Crippen LogP contribution in [0.2, 0.25) is 0 Å². The van der Waals surface area contributed by atoms with Crippen molar-refractivity contribution in [1.82, 2.24) is 0 Å². The molecule has 0 aliphatic rings. The van der Waals surface area contributed by atoms with Gasteiger partial charge in [0.25, 0.3) is 11.4 Å². The first kappa shape index (κ1) is 28.8. The molecule has 1 aromatic carbocycles. The molecule has 2 atom stereocenters. The lowest BCUT2D eigenvalue weighted by Gasteiger charge is -2.23. The lowest BCUT2D eigenvalue weighted by Crippen LogP contribution is -2.37. The Hall–Kier alpha value is -2.26. The van der Waals surface area contributed by atoms with Gasteiger partial charge in [-0.25, -0.2) is 0 Å². The lowest BCUT2D eigenvalue weighted by atomic mass is 10.0. The van der Waals surface area contributed by atoms with E-state index in [9.17, 15) is 30.4 Å². The monoisotopic (exact) mass is 467 g/mol. The fraction of sp³-hybridized carbons (Fsp3) is 0.750. The molecule has 1 rings (SSSR count). The van der Waals surface area contributed by atoms with Crippen molar-refractivity contribution in [3.05, 3.63) is 38.4 Å². The van der Waals surface area contributed by atoms with Crippen LogP contribution in [-0.2, 0) is 0 Å². The van der Waals surface area contributed by atoms with Crippen LogP contribution in [0.15, 0.2) is 18.2 Å². The van der Waals surface area contributed by atoms with Gasteiger partial charge in [0.1, 0.15) is 5.69 Å². The molecule has 9 heteroatoms. The molecule has 0 aliphatic carbocycles. The molecule has 0 unspecified atom stereocenters. The van der Waals surface area contributed by atoms with Crippen molar-refractivity contribution in [2.75, 3.05) is 11.9 Å². The summed E-state index contributed by atoms with van der Waals surface area (Å²) in [6, 6.07) is 2.47. The molecule has 0 aromatic heterocycles. The number of benzene rings is 1. The van der Waals surface area contributed by atoms with Crippen LogP contribution < -0.4 is 5.32 Å². The minimum absolute atomic E-state index is 0.0362. The molecule has 1 aromatic rings. The van der Waals surface area contributed by atoms with E-state index in [4.69, 9.17) is 0 Å². The van der Waals surface area contributed by atoms with E-state index in [1.807, 2.05) is 0 Å². The van der Waals surface area contributed by atoms with Gasteiger partial charge < -0.3 is 15.5 Å². The molecule has 0 heterocycles. The Morgan fingerprint density at radius 1 is 0.848 bits per heavy atom. The largest absolute Gasteiger partial charge is 0.394 e. The van der Waals surface area contributed by atoms with Gasteiger partial charge in [0.15, 0.2) is 0 Å². The SMILES string of the molecule is CCCCCCCCCCCCCCC[C@@H](O)[C@H](CO)Nc1ccc([N+](=O)[O-])cc1[N+](=O)[O-]. The van der Waals surface area contributed by atoms with Crippen LogP contribution in [0.4, 0.5) is 17.1 Å². The average molecular weight is 468 g/mol. The quantitative estimate of drug-likeness (QED) is 0.119. The summed E-state index contributed by atoms with van der Waals surface area (Å²) in [5.74, 6) is 0. The van der Waals surface area contributed by atoms with Crippen molar-refractivity contribution < 1.29 is 20.1 Å². The second-order valence-corrected chi connectivity index (χ2v) is 8.75. The number of aliphatic hydroxyl groups is 2. The Bertz CT molecular complexity index is 701. The van der Waals surface area contributed by atoms with Crippen molar-refractivity contribution in [2.24, 2.45) is 0 Å². The predicted octanol–water partition coefficient (Wildman–Crippen LogP) is 6.12. The first-order chi connectivity index (χ1) is 15.9. The smallest absolute Gasteiger partial charge is 0.299 e. The number of rotatable bonds is 20. The molecule has 33 heavy (non-hydrogen) atoms. The minimum Gasteiger partial charge on any atom is -0.394 e. The summed E-state index contributed by atoms with van der Waals surface area (Å²) in [7, 11) is 0. The van der Waals surface area contributed by atoms with E-state index in [1.54, 1.807) is 0 Å². The van der Waals surface area contributed by atoms with Gasteiger partial charge in [-0.1, -0.05) is 90.4 Å². The Kier molecular flexibility index (Phi) is 15.0. The topological polar surface area (TPSA) is 139 Å². The van der Waals surface area contributed by atoms with Crippen LogP contribution in [0.5, 0.6) is 0 Å². The van der Waals surface area contributed by atoms with Gasteiger partial charge >= 0.3 is 0 Å². The summed E-state index contributed by atoms with van der Waals surface area (Å²) in [5, 5.41) is 45.0. The molecular weight excluding hydrogens is 426 g/mol. The average Bonchev–Trinajstić information content (AvgIpc) is 2.80. The van der Waals surface area contributed by atoms with E-state index in [1.165, 1.54) is 70.3 Å². The summed E-state index contributed by atoms with van der Waals surface area (Å²) in [6.07, 6.45) is 15.5. The first-order valence-electron chi connectivity index (χ1n) is 12.4. The van der Waals surface area contributed by atoms with E-state index in [0.29, 0.717) is 6.42 Å². The van der Waals surface area contributed by atoms with Crippen LogP contribution in [0, 0.1) is 20.2 Å². The molecular formula is C24H41N3O6.